The lowest BCUT2D eigenvalue weighted by Gasteiger charge is -2.46. The molecule has 1 fully saturated rings. The SMILES string of the molecule is CCOC(=O)CCNC(=O)c1ccc(C(Oc2cc(C)cc(C)c2-n2cc(C(F)(F)F)cn2)C2CC(C)(C)C2)cc1. The van der Waals surface area contributed by atoms with Crippen molar-refractivity contribution >= 4 is 11.9 Å². The molecule has 1 amide bonds. The van der Waals surface area contributed by atoms with Gasteiger partial charge in [-0.25, -0.2) is 4.68 Å². The molecule has 3 aromatic rings. The van der Waals surface area contributed by atoms with Crippen LogP contribution in [-0.4, -0.2) is 34.8 Å². The van der Waals surface area contributed by atoms with Gasteiger partial charge < -0.3 is 14.8 Å². The molecule has 7 nitrogen and oxygen atoms in total. The Morgan fingerprint density at radius 1 is 1.15 bits per heavy atom. The van der Waals surface area contributed by atoms with Gasteiger partial charge >= 0.3 is 12.1 Å². The Bertz CT molecular complexity index is 1390. The molecular formula is C31H36F3N3O4. The highest BCUT2D eigenvalue weighted by Gasteiger charge is 2.42. The largest absolute Gasteiger partial charge is 0.483 e. The van der Waals surface area contributed by atoms with E-state index in [0.717, 1.165) is 41.9 Å². The maximum atomic E-state index is 13.3. The van der Waals surface area contributed by atoms with Gasteiger partial charge in [0, 0.05) is 24.2 Å². The van der Waals surface area contributed by atoms with Gasteiger partial charge in [0.1, 0.15) is 17.5 Å². The quantitative estimate of drug-likeness (QED) is 0.272. The van der Waals surface area contributed by atoms with Crippen molar-refractivity contribution in [3.05, 3.63) is 76.6 Å². The first kappa shape index (κ1) is 30.1. The van der Waals surface area contributed by atoms with Gasteiger partial charge in [0.05, 0.1) is 24.8 Å². The number of nitrogens with one attached hydrogen (secondary N) is 1. The highest BCUT2D eigenvalue weighted by Crippen LogP contribution is 2.52. The first-order chi connectivity index (χ1) is 19.3. The minimum absolute atomic E-state index is 0.0873. The van der Waals surface area contributed by atoms with Crippen molar-refractivity contribution < 1.29 is 32.2 Å². The Morgan fingerprint density at radius 3 is 2.41 bits per heavy atom. The van der Waals surface area contributed by atoms with Gasteiger partial charge in [-0.1, -0.05) is 32.0 Å². The van der Waals surface area contributed by atoms with Gasteiger partial charge in [-0.05, 0) is 73.9 Å². The van der Waals surface area contributed by atoms with Crippen molar-refractivity contribution in [1.82, 2.24) is 15.1 Å². The summed E-state index contributed by atoms with van der Waals surface area (Å²) in [6.07, 6.45) is -1.20. The van der Waals surface area contributed by atoms with Crippen LogP contribution in [0.3, 0.4) is 0 Å². The van der Waals surface area contributed by atoms with Crippen molar-refractivity contribution in [2.24, 2.45) is 11.3 Å². The first-order valence-corrected chi connectivity index (χ1v) is 13.7. The van der Waals surface area contributed by atoms with E-state index in [2.05, 4.69) is 24.3 Å². The molecule has 1 aromatic heterocycles. The Balaban J connectivity index is 1.60. The number of hydrogen-bond acceptors (Lipinski definition) is 5. The van der Waals surface area contributed by atoms with Gasteiger partial charge in [-0.15, -0.1) is 0 Å². The fourth-order valence-corrected chi connectivity index (χ4v) is 5.48. The molecule has 0 radical (unpaired) electrons. The van der Waals surface area contributed by atoms with Crippen molar-refractivity contribution in [3.63, 3.8) is 0 Å². The van der Waals surface area contributed by atoms with E-state index < -0.39 is 11.7 Å². The molecule has 220 valence electrons. The van der Waals surface area contributed by atoms with E-state index in [0.29, 0.717) is 17.0 Å². The number of hydrogen-bond donors (Lipinski definition) is 1. The van der Waals surface area contributed by atoms with Crippen molar-refractivity contribution in [2.45, 2.75) is 66.2 Å². The lowest BCUT2D eigenvalue weighted by atomic mass is 9.62. The van der Waals surface area contributed by atoms with E-state index in [1.54, 1.807) is 19.1 Å². The summed E-state index contributed by atoms with van der Waals surface area (Å²) in [4.78, 5) is 24.1. The molecule has 0 bridgehead atoms. The van der Waals surface area contributed by atoms with E-state index >= 15 is 0 Å². The number of benzene rings is 2. The van der Waals surface area contributed by atoms with Crippen LogP contribution in [0.25, 0.3) is 5.69 Å². The van der Waals surface area contributed by atoms with Crippen LogP contribution in [0, 0.1) is 25.2 Å². The van der Waals surface area contributed by atoms with Crippen molar-refractivity contribution in [1.29, 1.82) is 0 Å². The smallest absolute Gasteiger partial charge is 0.419 e. The molecule has 1 aliphatic rings. The summed E-state index contributed by atoms with van der Waals surface area (Å²) in [5.74, 6) is -0.0676. The second-order valence-electron chi connectivity index (χ2n) is 11.4. The molecule has 1 atom stereocenters. The molecule has 1 aliphatic carbocycles. The molecule has 1 unspecified atom stereocenters. The average molecular weight is 572 g/mol. The molecule has 4 rings (SSSR count). The van der Waals surface area contributed by atoms with Gasteiger partial charge in [0.25, 0.3) is 5.91 Å². The van der Waals surface area contributed by atoms with E-state index in [4.69, 9.17) is 9.47 Å². The summed E-state index contributed by atoms with van der Waals surface area (Å²) in [6, 6.07) is 10.8. The van der Waals surface area contributed by atoms with Crippen LogP contribution in [0.5, 0.6) is 5.75 Å². The molecule has 0 spiro atoms. The normalized spacial score (nSPS) is 15.6. The Morgan fingerprint density at radius 2 is 1.83 bits per heavy atom. The molecular weight excluding hydrogens is 535 g/mol. The molecule has 1 heterocycles. The van der Waals surface area contributed by atoms with Gasteiger partial charge in [-0.2, -0.15) is 18.3 Å². The number of alkyl halides is 3. The molecule has 10 heteroatoms. The molecule has 1 N–H and O–H groups in total. The van der Waals surface area contributed by atoms with Crippen LogP contribution in [0.2, 0.25) is 0 Å². The number of amides is 1. The summed E-state index contributed by atoms with van der Waals surface area (Å²) in [5, 5.41) is 6.73. The van der Waals surface area contributed by atoms with Crippen LogP contribution in [0.1, 0.15) is 78.7 Å². The number of aromatic nitrogens is 2. The maximum Gasteiger partial charge on any atom is 0.419 e. The Kier molecular flexibility index (Phi) is 8.80. The summed E-state index contributed by atoms with van der Waals surface area (Å²) >= 11 is 0. The second-order valence-corrected chi connectivity index (χ2v) is 11.4. The zero-order valence-electron chi connectivity index (χ0n) is 24.0. The summed E-state index contributed by atoms with van der Waals surface area (Å²) in [7, 11) is 0. The topological polar surface area (TPSA) is 82.5 Å². The molecule has 2 aromatic carbocycles. The monoisotopic (exact) mass is 571 g/mol. The number of rotatable bonds is 10. The zero-order chi connectivity index (χ0) is 29.9. The number of esters is 1. The van der Waals surface area contributed by atoms with Gasteiger partial charge in [-0.3, -0.25) is 9.59 Å². The molecule has 41 heavy (non-hydrogen) atoms. The van der Waals surface area contributed by atoms with Crippen LogP contribution in [-0.2, 0) is 15.7 Å². The standard InChI is InChI=1S/C31H36F3N3O4/c1-6-40-26(38)11-12-35-29(39)22-9-7-21(8-10-22)28(23-15-30(4,5)16-23)41-25-14-19(2)13-20(3)27(25)37-18-24(17-36-37)31(32,33)34/h7-10,13-14,17-18,23,28H,6,11-12,15-16H2,1-5H3,(H,35,39). The number of aryl methyl sites for hydroxylation is 2. The highest BCUT2D eigenvalue weighted by atomic mass is 19.4. The van der Waals surface area contributed by atoms with Crippen molar-refractivity contribution in [3.8, 4) is 11.4 Å². The molecule has 0 saturated heterocycles. The number of carbonyl (C=O) groups excluding carboxylic acids is 2. The number of ether oxygens (including phenoxy) is 2. The third-order valence-corrected chi connectivity index (χ3v) is 7.28. The predicted octanol–water partition coefficient (Wildman–Crippen LogP) is 6.75. The third kappa shape index (κ3) is 7.28. The van der Waals surface area contributed by atoms with E-state index in [-0.39, 0.29) is 48.9 Å². The van der Waals surface area contributed by atoms with Crippen LogP contribution in [0.4, 0.5) is 13.2 Å². The minimum atomic E-state index is -4.51. The third-order valence-electron chi connectivity index (χ3n) is 7.28. The molecule has 0 aliphatic heterocycles. The van der Waals surface area contributed by atoms with Gasteiger partial charge in [0.15, 0.2) is 0 Å². The summed E-state index contributed by atoms with van der Waals surface area (Å²) < 4.78 is 52.8. The number of nitrogens with zero attached hydrogens (tertiary/aromatic N) is 2. The van der Waals surface area contributed by atoms with E-state index in [1.165, 1.54) is 4.68 Å². The van der Waals surface area contributed by atoms with Crippen LogP contribution >= 0.6 is 0 Å². The fraction of sp³-hybridized carbons (Fsp3) is 0.452. The van der Waals surface area contributed by atoms with Crippen LogP contribution < -0.4 is 10.1 Å². The fourth-order valence-electron chi connectivity index (χ4n) is 5.48. The van der Waals surface area contributed by atoms with Crippen LogP contribution in [0.15, 0.2) is 48.8 Å². The van der Waals surface area contributed by atoms with Gasteiger partial charge in [0.2, 0.25) is 0 Å². The maximum absolute atomic E-state index is 13.3. The lowest BCUT2D eigenvalue weighted by Crippen LogP contribution is -2.37. The average Bonchev–Trinajstić information content (AvgIpc) is 3.36. The van der Waals surface area contributed by atoms with E-state index in [1.807, 2.05) is 38.1 Å². The summed E-state index contributed by atoms with van der Waals surface area (Å²) in [5.41, 5.74) is 2.71. The zero-order valence-corrected chi connectivity index (χ0v) is 24.0. The second kappa shape index (κ2) is 12.0. The highest BCUT2D eigenvalue weighted by molar-refractivity contribution is 5.94. The first-order valence-electron chi connectivity index (χ1n) is 13.7. The molecule has 1 saturated carbocycles. The number of halogens is 3. The predicted molar refractivity (Wildman–Crippen MR) is 148 cm³/mol. The van der Waals surface area contributed by atoms with Crippen molar-refractivity contribution in [2.75, 3.05) is 13.2 Å². The lowest BCUT2D eigenvalue weighted by molar-refractivity contribution is -0.143. The summed E-state index contributed by atoms with van der Waals surface area (Å²) in [6.45, 7) is 10.3. The Labute approximate surface area is 238 Å². The number of carbonyl (C=O) groups is 2. The van der Waals surface area contributed by atoms with E-state index in [9.17, 15) is 22.8 Å². The minimum Gasteiger partial charge on any atom is -0.483 e. The Hall–Kier alpha value is -3.82.